The Kier molecular flexibility index (Phi) is 6.30. The summed E-state index contributed by atoms with van der Waals surface area (Å²) in [5, 5.41) is 3.07. The standard InChI is InChI=1S/C21H22N4O4S2/c1-29-20(26)15-6-5-7-16(14-15)23-21-22-11-10-17(24-21)18-8-9-19(30-18)31(27,28)25-12-3-2-4-13-25/h5-11,14H,2-4,12-13H2,1H3,(H,22,23,24). The number of rotatable bonds is 6. The summed E-state index contributed by atoms with van der Waals surface area (Å²) in [7, 11) is -2.15. The van der Waals surface area contributed by atoms with Gasteiger partial charge >= 0.3 is 5.97 Å². The molecule has 0 amide bonds. The fourth-order valence-corrected chi connectivity index (χ4v) is 6.30. The summed E-state index contributed by atoms with van der Waals surface area (Å²) in [4.78, 5) is 21.2. The van der Waals surface area contributed by atoms with E-state index in [1.165, 1.54) is 18.4 Å². The molecule has 1 saturated heterocycles. The summed E-state index contributed by atoms with van der Waals surface area (Å²) in [6, 6.07) is 12.0. The molecule has 31 heavy (non-hydrogen) atoms. The molecule has 162 valence electrons. The normalized spacial score (nSPS) is 14.9. The zero-order valence-electron chi connectivity index (χ0n) is 16.9. The van der Waals surface area contributed by atoms with Crippen molar-refractivity contribution in [2.75, 3.05) is 25.5 Å². The van der Waals surface area contributed by atoms with E-state index in [0.29, 0.717) is 40.2 Å². The number of hydrogen-bond donors (Lipinski definition) is 1. The molecule has 0 bridgehead atoms. The van der Waals surface area contributed by atoms with Gasteiger partial charge in [0.1, 0.15) is 4.21 Å². The van der Waals surface area contributed by atoms with E-state index < -0.39 is 16.0 Å². The van der Waals surface area contributed by atoms with Gasteiger partial charge in [-0.1, -0.05) is 12.5 Å². The Bertz CT molecular complexity index is 1190. The lowest BCUT2D eigenvalue weighted by Crippen LogP contribution is -2.35. The first-order valence-electron chi connectivity index (χ1n) is 9.86. The minimum atomic E-state index is -3.47. The summed E-state index contributed by atoms with van der Waals surface area (Å²) >= 11 is 1.20. The molecule has 0 atom stereocenters. The first-order valence-corrected chi connectivity index (χ1v) is 12.1. The number of nitrogens with one attached hydrogen (secondary N) is 1. The van der Waals surface area contributed by atoms with Crippen molar-refractivity contribution in [1.82, 2.24) is 14.3 Å². The molecule has 8 nitrogen and oxygen atoms in total. The Hall–Kier alpha value is -2.82. The Morgan fingerprint density at radius 1 is 1.13 bits per heavy atom. The van der Waals surface area contributed by atoms with Crippen LogP contribution in [-0.4, -0.2) is 48.9 Å². The van der Waals surface area contributed by atoms with Crippen molar-refractivity contribution < 1.29 is 17.9 Å². The number of carbonyl (C=O) groups is 1. The number of thiophene rings is 1. The van der Waals surface area contributed by atoms with Crippen molar-refractivity contribution in [2.24, 2.45) is 0 Å². The summed E-state index contributed by atoms with van der Waals surface area (Å²) in [6.45, 7) is 1.14. The third-order valence-corrected chi connectivity index (χ3v) is 8.41. The number of anilines is 2. The fraction of sp³-hybridized carbons (Fsp3) is 0.286. The van der Waals surface area contributed by atoms with Crippen LogP contribution in [0.1, 0.15) is 29.6 Å². The van der Waals surface area contributed by atoms with Crippen molar-refractivity contribution >= 4 is 39.0 Å². The molecule has 0 saturated carbocycles. The van der Waals surface area contributed by atoms with E-state index in [-0.39, 0.29) is 0 Å². The quantitative estimate of drug-likeness (QED) is 0.559. The van der Waals surface area contributed by atoms with Gasteiger partial charge in [-0.25, -0.2) is 23.2 Å². The lowest BCUT2D eigenvalue weighted by molar-refractivity contribution is 0.0600. The lowest BCUT2D eigenvalue weighted by atomic mass is 10.2. The van der Waals surface area contributed by atoms with Gasteiger partial charge in [-0.05, 0) is 49.2 Å². The maximum atomic E-state index is 12.9. The van der Waals surface area contributed by atoms with Crippen LogP contribution in [0.3, 0.4) is 0 Å². The molecule has 0 radical (unpaired) electrons. The van der Waals surface area contributed by atoms with E-state index in [2.05, 4.69) is 15.3 Å². The molecule has 3 heterocycles. The number of methoxy groups -OCH3 is 1. The number of ether oxygens (including phenoxy) is 1. The Morgan fingerprint density at radius 3 is 2.71 bits per heavy atom. The highest BCUT2D eigenvalue weighted by molar-refractivity contribution is 7.91. The van der Waals surface area contributed by atoms with E-state index in [9.17, 15) is 13.2 Å². The van der Waals surface area contributed by atoms with Gasteiger partial charge in [0.15, 0.2) is 0 Å². The SMILES string of the molecule is COC(=O)c1cccc(Nc2nccc(-c3ccc(S(=O)(=O)N4CCCCC4)s3)n2)c1. The number of hydrogen-bond acceptors (Lipinski definition) is 8. The lowest BCUT2D eigenvalue weighted by Gasteiger charge is -2.25. The Morgan fingerprint density at radius 2 is 1.94 bits per heavy atom. The third-order valence-electron chi connectivity index (χ3n) is 4.94. The molecule has 2 aromatic heterocycles. The Labute approximate surface area is 185 Å². The monoisotopic (exact) mass is 458 g/mol. The van der Waals surface area contributed by atoms with Crippen LogP contribution in [0.15, 0.2) is 52.9 Å². The second kappa shape index (κ2) is 9.13. The van der Waals surface area contributed by atoms with E-state index in [1.807, 2.05) is 0 Å². The van der Waals surface area contributed by atoms with E-state index >= 15 is 0 Å². The number of sulfonamides is 1. The molecule has 4 rings (SSSR count). The summed E-state index contributed by atoms with van der Waals surface area (Å²) in [5.41, 5.74) is 1.67. The average molecular weight is 459 g/mol. The highest BCUT2D eigenvalue weighted by Gasteiger charge is 2.27. The molecule has 0 unspecified atom stereocenters. The minimum Gasteiger partial charge on any atom is -0.465 e. The zero-order valence-corrected chi connectivity index (χ0v) is 18.6. The summed E-state index contributed by atoms with van der Waals surface area (Å²) < 4.78 is 32.4. The second-order valence-electron chi connectivity index (χ2n) is 7.05. The van der Waals surface area contributed by atoms with Crippen LogP contribution in [0, 0.1) is 0 Å². The van der Waals surface area contributed by atoms with Gasteiger partial charge in [0.05, 0.1) is 23.2 Å². The Balaban J connectivity index is 1.55. The van der Waals surface area contributed by atoms with E-state index in [0.717, 1.165) is 24.1 Å². The highest BCUT2D eigenvalue weighted by atomic mass is 32.2. The molecule has 1 fully saturated rings. The van der Waals surface area contributed by atoms with Crippen molar-refractivity contribution in [1.29, 1.82) is 0 Å². The van der Waals surface area contributed by atoms with Gasteiger partial charge in [0, 0.05) is 25.0 Å². The molecule has 1 aliphatic heterocycles. The van der Waals surface area contributed by atoms with Crippen molar-refractivity contribution in [3.05, 3.63) is 54.2 Å². The number of aromatic nitrogens is 2. The summed E-state index contributed by atoms with van der Waals surface area (Å²) in [5.74, 6) is -0.0901. The number of nitrogens with zero attached hydrogens (tertiary/aromatic N) is 3. The molecule has 10 heteroatoms. The molecule has 0 spiro atoms. The van der Waals surface area contributed by atoms with Crippen LogP contribution in [0.4, 0.5) is 11.6 Å². The molecule has 1 N–H and O–H groups in total. The molecule has 1 aromatic carbocycles. The minimum absolute atomic E-state index is 0.323. The number of esters is 1. The van der Waals surface area contributed by atoms with E-state index in [1.54, 1.807) is 53.0 Å². The van der Waals surface area contributed by atoms with Gasteiger partial charge in [-0.2, -0.15) is 4.31 Å². The maximum absolute atomic E-state index is 12.9. The first kappa shape index (κ1) is 21.4. The average Bonchev–Trinajstić information content (AvgIpc) is 3.31. The van der Waals surface area contributed by atoms with Crippen LogP contribution in [-0.2, 0) is 14.8 Å². The molecule has 1 aliphatic rings. The zero-order chi connectivity index (χ0) is 21.8. The van der Waals surface area contributed by atoms with Gasteiger partial charge in [0.2, 0.25) is 5.95 Å². The van der Waals surface area contributed by atoms with Gasteiger partial charge in [-0.3, -0.25) is 0 Å². The van der Waals surface area contributed by atoms with Crippen LogP contribution in [0.5, 0.6) is 0 Å². The molecule has 3 aromatic rings. The van der Waals surface area contributed by atoms with Crippen molar-refractivity contribution in [3.63, 3.8) is 0 Å². The third kappa shape index (κ3) is 4.76. The fourth-order valence-electron chi connectivity index (χ4n) is 3.36. The van der Waals surface area contributed by atoms with Gasteiger partial charge < -0.3 is 10.1 Å². The largest absolute Gasteiger partial charge is 0.465 e. The van der Waals surface area contributed by atoms with Gasteiger partial charge in [-0.15, -0.1) is 11.3 Å². The summed E-state index contributed by atoms with van der Waals surface area (Å²) in [6.07, 6.45) is 4.47. The van der Waals surface area contributed by atoms with Crippen LogP contribution in [0.25, 0.3) is 10.6 Å². The van der Waals surface area contributed by atoms with Crippen LogP contribution in [0.2, 0.25) is 0 Å². The maximum Gasteiger partial charge on any atom is 0.337 e. The number of benzene rings is 1. The van der Waals surface area contributed by atoms with Crippen molar-refractivity contribution in [2.45, 2.75) is 23.5 Å². The van der Waals surface area contributed by atoms with Gasteiger partial charge in [0.25, 0.3) is 10.0 Å². The van der Waals surface area contributed by atoms with Crippen LogP contribution < -0.4 is 5.32 Å². The predicted molar refractivity (Wildman–Crippen MR) is 119 cm³/mol. The smallest absolute Gasteiger partial charge is 0.337 e. The van der Waals surface area contributed by atoms with E-state index in [4.69, 9.17) is 4.74 Å². The second-order valence-corrected chi connectivity index (χ2v) is 10.3. The van der Waals surface area contributed by atoms with Crippen molar-refractivity contribution in [3.8, 4) is 10.6 Å². The number of carbonyl (C=O) groups excluding carboxylic acids is 1. The topological polar surface area (TPSA) is 101 Å². The molecule has 0 aliphatic carbocycles. The first-order chi connectivity index (χ1) is 15.0. The highest BCUT2D eigenvalue weighted by Crippen LogP contribution is 2.32. The molecular weight excluding hydrogens is 436 g/mol. The molecular formula is C21H22N4O4S2. The predicted octanol–water partition coefficient (Wildman–Crippen LogP) is 3.91. The number of piperidine rings is 1. The van der Waals surface area contributed by atoms with Crippen LogP contribution >= 0.6 is 11.3 Å².